The van der Waals surface area contributed by atoms with Crippen molar-refractivity contribution in [2.75, 3.05) is 13.1 Å². The Balaban J connectivity index is 0.00000220. The Bertz CT molecular complexity index is 475. The van der Waals surface area contributed by atoms with Gasteiger partial charge in [0.25, 0.3) is 5.91 Å². The normalized spacial score (nSPS) is 17.4. The number of carbonyl (C=O) groups is 1. The van der Waals surface area contributed by atoms with Crippen LogP contribution in [-0.4, -0.2) is 31.1 Å². The lowest BCUT2D eigenvalue weighted by Crippen LogP contribution is -2.37. The first-order valence-electron chi connectivity index (χ1n) is 7.04. The van der Waals surface area contributed by atoms with Crippen molar-refractivity contribution in [2.45, 2.75) is 38.8 Å². The van der Waals surface area contributed by atoms with Gasteiger partial charge in [0.2, 0.25) is 0 Å². The summed E-state index contributed by atoms with van der Waals surface area (Å²) in [5.41, 5.74) is 0.490. The van der Waals surface area contributed by atoms with Crippen LogP contribution in [0.2, 0.25) is 5.02 Å². The van der Waals surface area contributed by atoms with Gasteiger partial charge in [0, 0.05) is 17.6 Å². The second kappa shape index (κ2) is 8.47. The molecule has 0 bridgehead atoms. The minimum Gasteiger partial charge on any atom is -0.490 e. The number of amides is 1. The molecule has 0 radical (unpaired) electrons. The Morgan fingerprint density at radius 2 is 2.29 bits per heavy atom. The molecule has 118 valence electrons. The summed E-state index contributed by atoms with van der Waals surface area (Å²) in [4.78, 5) is 12.3. The van der Waals surface area contributed by atoms with E-state index in [1.54, 1.807) is 18.2 Å². The molecule has 0 saturated carbocycles. The highest BCUT2D eigenvalue weighted by molar-refractivity contribution is 6.31. The monoisotopic (exact) mass is 332 g/mol. The highest BCUT2D eigenvalue weighted by atomic mass is 35.5. The molecule has 1 aliphatic heterocycles. The van der Waals surface area contributed by atoms with Crippen LogP contribution in [0.3, 0.4) is 0 Å². The fraction of sp³-hybridized carbons (Fsp3) is 0.533. The standard InChI is InChI=1S/C15H21ClN2O2.ClH/c1-10(2)20-14-6-5-11(16)8-13(14)15(19)18-9-12-4-3-7-17-12;/h5-6,8,10,12,17H,3-4,7,9H2,1-2H3,(H,18,19);1H. The average Bonchev–Trinajstić information content (AvgIpc) is 2.90. The highest BCUT2D eigenvalue weighted by Gasteiger charge is 2.18. The number of hydrogen-bond acceptors (Lipinski definition) is 3. The summed E-state index contributed by atoms with van der Waals surface area (Å²) < 4.78 is 5.66. The van der Waals surface area contributed by atoms with Crippen LogP contribution in [0.1, 0.15) is 37.0 Å². The second-order valence-electron chi connectivity index (χ2n) is 5.31. The summed E-state index contributed by atoms with van der Waals surface area (Å²) in [6.07, 6.45) is 2.28. The van der Waals surface area contributed by atoms with Crippen LogP contribution in [0.25, 0.3) is 0 Å². The first kappa shape index (κ1) is 18.1. The molecule has 1 saturated heterocycles. The third kappa shape index (κ3) is 5.38. The van der Waals surface area contributed by atoms with E-state index in [4.69, 9.17) is 16.3 Å². The number of nitrogens with one attached hydrogen (secondary N) is 2. The van der Waals surface area contributed by atoms with Gasteiger partial charge in [-0.3, -0.25) is 4.79 Å². The van der Waals surface area contributed by atoms with E-state index >= 15 is 0 Å². The van der Waals surface area contributed by atoms with Crippen LogP contribution in [0.4, 0.5) is 0 Å². The molecular formula is C15H22Cl2N2O2. The van der Waals surface area contributed by atoms with Gasteiger partial charge in [0.15, 0.2) is 0 Å². The number of rotatable bonds is 5. The van der Waals surface area contributed by atoms with E-state index in [1.165, 1.54) is 6.42 Å². The first-order chi connectivity index (χ1) is 9.56. The van der Waals surface area contributed by atoms with Gasteiger partial charge in [-0.05, 0) is 51.4 Å². The average molecular weight is 333 g/mol. The van der Waals surface area contributed by atoms with Gasteiger partial charge in [0.1, 0.15) is 5.75 Å². The van der Waals surface area contributed by atoms with E-state index in [-0.39, 0.29) is 24.4 Å². The fourth-order valence-corrected chi connectivity index (χ4v) is 2.45. The molecule has 0 spiro atoms. The maximum absolute atomic E-state index is 12.3. The molecule has 4 nitrogen and oxygen atoms in total. The predicted octanol–water partition coefficient (Wildman–Crippen LogP) is 3.03. The van der Waals surface area contributed by atoms with Crippen LogP contribution in [0, 0.1) is 0 Å². The zero-order valence-electron chi connectivity index (χ0n) is 12.3. The highest BCUT2D eigenvalue weighted by Crippen LogP contribution is 2.24. The molecule has 1 aromatic rings. The SMILES string of the molecule is CC(C)Oc1ccc(Cl)cc1C(=O)NCC1CCCN1.Cl. The van der Waals surface area contributed by atoms with Gasteiger partial charge in [-0.25, -0.2) is 0 Å². The van der Waals surface area contributed by atoms with Crippen molar-refractivity contribution in [3.8, 4) is 5.75 Å². The molecule has 6 heteroatoms. The van der Waals surface area contributed by atoms with Crippen molar-refractivity contribution in [3.05, 3.63) is 28.8 Å². The predicted molar refractivity (Wildman–Crippen MR) is 87.8 cm³/mol. The minimum atomic E-state index is -0.142. The largest absolute Gasteiger partial charge is 0.490 e. The Morgan fingerprint density at radius 1 is 1.52 bits per heavy atom. The van der Waals surface area contributed by atoms with E-state index in [0.717, 1.165) is 13.0 Å². The molecule has 1 unspecified atom stereocenters. The van der Waals surface area contributed by atoms with Crippen molar-refractivity contribution >= 4 is 29.9 Å². The number of hydrogen-bond donors (Lipinski definition) is 2. The summed E-state index contributed by atoms with van der Waals surface area (Å²) in [6.45, 7) is 5.52. The quantitative estimate of drug-likeness (QED) is 0.871. The lowest BCUT2D eigenvalue weighted by Gasteiger charge is -2.16. The molecule has 1 heterocycles. The molecule has 21 heavy (non-hydrogen) atoms. The summed E-state index contributed by atoms with van der Waals surface area (Å²) in [6, 6.07) is 5.49. The summed E-state index contributed by atoms with van der Waals surface area (Å²) >= 11 is 5.98. The molecule has 2 rings (SSSR count). The van der Waals surface area contributed by atoms with E-state index in [1.807, 2.05) is 13.8 Å². The second-order valence-corrected chi connectivity index (χ2v) is 5.75. The van der Waals surface area contributed by atoms with Gasteiger partial charge in [-0.15, -0.1) is 12.4 Å². The maximum Gasteiger partial charge on any atom is 0.255 e. The van der Waals surface area contributed by atoms with E-state index < -0.39 is 0 Å². The van der Waals surface area contributed by atoms with Crippen molar-refractivity contribution < 1.29 is 9.53 Å². The van der Waals surface area contributed by atoms with Crippen LogP contribution >= 0.6 is 24.0 Å². The smallest absolute Gasteiger partial charge is 0.255 e. The van der Waals surface area contributed by atoms with E-state index in [2.05, 4.69) is 10.6 Å². The molecule has 1 aromatic carbocycles. The van der Waals surface area contributed by atoms with Crippen molar-refractivity contribution in [1.82, 2.24) is 10.6 Å². The van der Waals surface area contributed by atoms with Crippen LogP contribution in [0.5, 0.6) is 5.75 Å². The van der Waals surface area contributed by atoms with Gasteiger partial charge in [0.05, 0.1) is 11.7 Å². The number of ether oxygens (including phenoxy) is 1. The topological polar surface area (TPSA) is 50.4 Å². The molecule has 2 N–H and O–H groups in total. The lowest BCUT2D eigenvalue weighted by atomic mass is 10.1. The molecule has 1 atom stereocenters. The number of carbonyl (C=O) groups excluding carboxylic acids is 1. The molecular weight excluding hydrogens is 311 g/mol. The van der Waals surface area contributed by atoms with Gasteiger partial charge >= 0.3 is 0 Å². The Morgan fingerprint density at radius 3 is 2.90 bits per heavy atom. The van der Waals surface area contributed by atoms with Crippen molar-refractivity contribution in [3.63, 3.8) is 0 Å². The Kier molecular flexibility index (Phi) is 7.29. The van der Waals surface area contributed by atoms with Crippen molar-refractivity contribution in [1.29, 1.82) is 0 Å². The number of halogens is 2. The minimum absolute atomic E-state index is 0. The van der Waals surface area contributed by atoms with Crippen LogP contribution in [-0.2, 0) is 0 Å². The maximum atomic E-state index is 12.3. The van der Waals surface area contributed by atoms with Crippen LogP contribution < -0.4 is 15.4 Å². The van der Waals surface area contributed by atoms with Gasteiger partial charge < -0.3 is 15.4 Å². The van der Waals surface area contributed by atoms with Crippen molar-refractivity contribution in [2.24, 2.45) is 0 Å². The van der Waals surface area contributed by atoms with E-state index in [0.29, 0.717) is 28.9 Å². The summed E-state index contributed by atoms with van der Waals surface area (Å²) in [5.74, 6) is 0.429. The van der Waals surface area contributed by atoms with Gasteiger partial charge in [-0.2, -0.15) is 0 Å². The molecule has 1 fully saturated rings. The van der Waals surface area contributed by atoms with E-state index in [9.17, 15) is 4.79 Å². The third-order valence-corrected chi connectivity index (χ3v) is 3.46. The fourth-order valence-electron chi connectivity index (χ4n) is 2.28. The molecule has 1 aliphatic rings. The Labute approximate surface area is 137 Å². The summed E-state index contributed by atoms with van der Waals surface area (Å²) in [7, 11) is 0. The molecule has 1 amide bonds. The first-order valence-corrected chi connectivity index (χ1v) is 7.42. The summed E-state index contributed by atoms with van der Waals surface area (Å²) in [5, 5.41) is 6.82. The molecule has 0 aliphatic carbocycles. The zero-order chi connectivity index (χ0) is 14.5. The lowest BCUT2D eigenvalue weighted by molar-refractivity contribution is 0.0944. The zero-order valence-corrected chi connectivity index (χ0v) is 13.9. The third-order valence-electron chi connectivity index (χ3n) is 3.22. The number of benzene rings is 1. The van der Waals surface area contributed by atoms with Gasteiger partial charge in [-0.1, -0.05) is 11.6 Å². The van der Waals surface area contributed by atoms with Crippen LogP contribution in [0.15, 0.2) is 18.2 Å². The molecule has 0 aromatic heterocycles. The Hall–Kier alpha value is -0.970.